The summed E-state index contributed by atoms with van der Waals surface area (Å²) in [5.41, 5.74) is 9.51. The van der Waals surface area contributed by atoms with E-state index in [0.29, 0.717) is 13.0 Å². The van der Waals surface area contributed by atoms with Crippen molar-refractivity contribution in [3.8, 4) is 5.75 Å². The Balaban J connectivity index is 1.74. The minimum Gasteiger partial charge on any atom is -0.480 e. The maximum Gasteiger partial charge on any atom is 0.265 e. The van der Waals surface area contributed by atoms with E-state index < -0.39 is 6.10 Å². The Kier molecular flexibility index (Phi) is 3.62. The molecule has 3 rings (SSSR count). The number of nitrogens with two attached hydrogens (primary N) is 1. The molecule has 1 unspecified atom stereocenters. The van der Waals surface area contributed by atoms with Crippen LogP contribution >= 0.6 is 0 Å². The quantitative estimate of drug-likeness (QED) is 0.908. The summed E-state index contributed by atoms with van der Waals surface area (Å²) in [6.07, 6.45) is 0.140. The SMILES string of the molecule is Cc1ccc(CN)cc1NC(=O)C1Cc2ccccc2O1. The lowest BCUT2D eigenvalue weighted by molar-refractivity contribution is -0.122. The minimum absolute atomic E-state index is 0.122. The lowest BCUT2D eigenvalue weighted by Gasteiger charge is -2.14. The molecule has 21 heavy (non-hydrogen) atoms. The fourth-order valence-corrected chi connectivity index (χ4v) is 2.47. The number of carbonyl (C=O) groups is 1. The Labute approximate surface area is 123 Å². The average Bonchev–Trinajstić information content (AvgIpc) is 2.93. The Hall–Kier alpha value is -2.33. The first kappa shape index (κ1) is 13.6. The van der Waals surface area contributed by atoms with Crippen LogP contribution in [0.15, 0.2) is 42.5 Å². The molecule has 1 atom stereocenters. The Morgan fingerprint density at radius 1 is 1.33 bits per heavy atom. The van der Waals surface area contributed by atoms with Gasteiger partial charge in [-0.25, -0.2) is 0 Å². The van der Waals surface area contributed by atoms with E-state index in [0.717, 1.165) is 28.1 Å². The summed E-state index contributed by atoms with van der Waals surface area (Å²) in [5, 5.41) is 2.94. The van der Waals surface area contributed by atoms with Crippen LogP contribution in [0.5, 0.6) is 5.75 Å². The van der Waals surface area contributed by atoms with E-state index in [1.54, 1.807) is 0 Å². The summed E-state index contributed by atoms with van der Waals surface area (Å²) < 4.78 is 5.70. The lowest BCUT2D eigenvalue weighted by atomic mass is 10.1. The maximum absolute atomic E-state index is 12.4. The van der Waals surface area contributed by atoms with E-state index in [1.165, 1.54) is 0 Å². The summed E-state index contributed by atoms with van der Waals surface area (Å²) in [5.74, 6) is 0.675. The van der Waals surface area contributed by atoms with Crippen LogP contribution in [0.3, 0.4) is 0 Å². The number of carbonyl (C=O) groups excluding carboxylic acids is 1. The van der Waals surface area contributed by atoms with E-state index in [-0.39, 0.29) is 5.91 Å². The van der Waals surface area contributed by atoms with Gasteiger partial charge in [0.1, 0.15) is 5.75 Å². The van der Waals surface area contributed by atoms with E-state index in [1.807, 2.05) is 49.4 Å². The predicted octanol–water partition coefficient (Wildman–Crippen LogP) is 2.40. The zero-order valence-corrected chi connectivity index (χ0v) is 11.9. The van der Waals surface area contributed by atoms with Crippen LogP contribution in [0.4, 0.5) is 5.69 Å². The molecule has 1 aliphatic rings. The van der Waals surface area contributed by atoms with Gasteiger partial charge < -0.3 is 15.8 Å². The van der Waals surface area contributed by atoms with Gasteiger partial charge in [0.25, 0.3) is 5.91 Å². The average molecular weight is 282 g/mol. The molecular formula is C17H18N2O2. The number of ether oxygens (including phenoxy) is 1. The van der Waals surface area contributed by atoms with Crippen molar-refractivity contribution in [2.75, 3.05) is 5.32 Å². The number of rotatable bonds is 3. The van der Waals surface area contributed by atoms with E-state index in [9.17, 15) is 4.79 Å². The third-order valence-electron chi connectivity index (χ3n) is 3.74. The van der Waals surface area contributed by atoms with Crippen molar-refractivity contribution >= 4 is 11.6 Å². The van der Waals surface area contributed by atoms with Gasteiger partial charge in [-0.05, 0) is 35.7 Å². The van der Waals surface area contributed by atoms with Gasteiger partial charge >= 0.3 is 0 Å². The highest BCUT2D eigenvalue weighted by molar-refractivity contribution is 5.95. The first-order valence-electron chi connectivity index (χ1n) is 7.02. The summed E-state index contributed by atoms with van der Waals surface area (Å²) in [7, 11) is 0. The Morgan fingerprint density at radius 3 is 2.90 bits per heavy atom. The smallest absolute Gasteiger partial charge is 0.265 e. The zero-order chi connectivity index (χ0) is 14.8. The van der Waals surface area contributed by atoms with Gasteiger partial charge in [-0.15, -0.1) is 0 Å². The van der Waals surface area contributed by atoms with Crippen molar-refractivity contribution in [3.05, 3.63) is 59.2 Å². The summed E-state index contributed by atoms with van der Waals surface area (Å²) >= 11 is 0. The molecule has 108 valence electrons. The van der Waals surface area contributed by atoms with Crippen LogP contribution in [-0.2, 0) is 17.8 Å². The van der Waals surface area contributed by atoms with Crippen LogP contribution in [-0.4, -0.2) is 12.0 Å². The highest BCUT2D eigenvalue weighted by atomic mass is 16.5. The molecule has 0 saturated carbocycles. The number of fused-ring (bicyclic) bond motifs is 1. The number of hydrogen-bond acceptors (Lipinski definition) is 3. The van der Waals surface area contributed by atoms with Crippen molar-refractivity contribution in [1.82, 2.24) is 0 Å². The van der Waals surface area contributed by atoms with Gasteiger partial charge in [-0.3, -0.25) is 4.79 Å². The molecule has 0 saturated heterocycles. The summed E-state index contributed by atoms with van der Waals surface area (Å²) in [4.78, 5) is 12.4. The highest BCUT2D eigenvalue weighted by Crippen LogP contribution is 2.29. The van der Waals surface area contributed by atoms with Crippen molar-refractivity contribution < 1.29 is 9.53 Å². The molecule has 0 aliphatic carbocycles. The summed E-state index contributed by atoms with van der Waals surface area (Å²) in [6.45, 7) is 2.41. The van der Waals surface area contributed by atoms with E-state index in [4.69, 9.17) is 10.5 Å². The number of hydrogen-bond donors (Lipinski definition) is 2. The lowest BCUT2D eigenvalue weighted by Crippen LogP contribution is -2.31. The van der Waals surface area contributed by atoms with Crippen molar-refractivity contribution in [3.63, 3.8) is 0 Å². The van der Waals surface area contributed by atoms with Crippen molar-refractivity contribution in [2.24, 2.45) is 5.73 Å². The first-order valence-corrected chi connectivity index (χ1v) is 7.02. The molecule has 4 heteroatoms. The van der Waals surface area contributed by atoms with Crippen molar-refractivity contribution in [2.45, 2.75) is 26.0 Å². The van der Waals surface area contributed by atoms with Crippen LogP contribution < -0.4 is 15.8 Å². The molecule has 0 aromatic heterocycles. The third kappa shape index (κ3) is 2.76. The molecule has 3 N–H and O–H groups in total. The van der Waals surface area contributed by atoms with E-state index in [2.05, 4.69) is 5.32 Å². The molecule has 0 spiro atoms. The van der Waals surface area contributed by atoms with Crippen LogP contribution in [0, 0.1) is 6.92 Å². The van der Waals surface area contributed by atoms with Crippen molar-refractivity contribution in [1.29, 1.82) is 0 Å². The zero-order valence-electron chi connectivity index (χ0n) is 11.9. The molecule has 0 radical (unpaired) electrons. The number of aryl methyl sites for hydroxylation is 1. The molecule has 1 heterocycles. The van der Waals surface area contributed by atoms with Gasteiger partial charge in [0, 0.05) is 18.7 Å². The molecule has 1 amide bonds. The number of para-hydroxylation sites is 1. The fraction of sp³-hybridized carbons (Fsp3) is 0.235. The standard InChI is InChI=1S/C17H18N2O2/c1-11-6-7-12(10-18)8-14(11)19-17(20)16-9-13-4-2-3-5-15(13)21-16/h2-8,16H,9-10,18H2,1H3,(H,19,20). The molecule has 0 bridgehead atoms. The number of nitrogens with one attached hydrogen (secondary N) is 1. The van der Waals surface area contributed by atoms with Gasteiger partial charge in [-0.1, -0.05) is 30.3 Å². The third-order valence-corrected chi connectivity index (χ3v) is 3.74. The largest absolute Gasteiger partial charge is 0.480 e. The van der Waals surface area contributed by atoms with Gasteiger partial charge in [0.2, 0.25) is 0 Å². The number of anilines is 1. The minimum atomic E-state index is -0.469. The van der Waals surface area contributed by atoms with Crippen LogP contribution in [0.2, 0.25) is 0 Å². The first-order chi connectivity index (χ1) is 10.2. The molecule has 1 aliphatic heterocycles. The van der Waals surface area contributed by atoms with Gasteiger partial charge in [0.15, 0.2) is 6.10 Å². The van der Waals surface area contributed by atoms with Crippen LogP contribution in [0.25, 0.3) is 0 Å². The van der Waals surface area contributed by atoms with Crippen LogP contribution in [0.1, 0.15) is 16.7 Å². The number of amides is 1. The molecular weight excluding hydrogens is 264 g/mol. The molecule has 4 nitrogen and oxygen atoms in total. The predicted molar refractivity (Wildman–Crippen MR) is 82.3 cm³/mol. The molecule has 2 aromatic rings. The molecule has 2 aromatic carbocycles. The maximum atomic E-state index is 12.4. The second kappa shape index (κ2) is 5.58. The van der Waals surface area contributed by atoms with Gasteiger partial charge in [-0.2, -0.15) is 0 Å². The second-order valence-corrected chi connectivity index (χ2v) is 5.26. The Bertz CT molecular complexity index is 657. The Morgan fingerprint density at radius 2 is 2.14 bits per heavy atom. The molecule has 0 fully saturated rings. The second-order valence-electron chi connectivity index (χ2n) is 5.26. The van der Waals surface area contributed by atoms with Gasteiger partial charge in [0.05, 0.1) is 0 Å². The normalized spacial score (nSPS) is 16.2. The fourth-order valence-electron chi connectivity index (χ4n) is 2.47. The topological polar surface area (TPSA) is 64.3 Å². The monoisotopic (exact) mass is 282 g/mol. The van der Waals surface area contributed by atoms with E-state index >= 15 is 0 Å². The summed E-state index contributed by atoms with van der Waals surface area (Å²) in [6, 6.07) is 13.6. The number of benzene rings is 2. The highest BCUT2D eigenvalue weighted by Gasteiger charge is 2.28.